The molecule has 4 fully saturated rings. The lowest BCUT2D eigenvalue weighted by molar-refractivity contribution is -0.141. The highest BCUT2D eigenvalue weighted by molar-refractivity contribution is 5.89. The summed E-state index contributed by atoms with van der Waals surface area (Å²) in [6.07, 6.45) is 5.88. The summed E-state index contributed by atoms with van der Waals surface area (Å²) in [6, 6.07) is 7.51. The fraction of sp³-hybridized carbons (Fsp3) is 0.600. The van der Waals surface area contributed by atoms with Crippen LogP contribution in [0, 0.1) is 11.8 Å². The molecule has 0 aromatic heterocycles. The maximum atomic E-state index is 12.9. The minimum atomic E-state index is -0.879. The fourth-order valence-corrected chi connectivity index (χ4v) is 4.56. The van der Waals surface area contributed by atoms with E-state index in [2.05, 4.69) is 9.80 Å². The van der Waals surface area contributed by atoms with E-state index in [0.717, 1.165) is 38.0 Å². The van der Waals surface area contributed by atoms with Crippen molar-refractivity contribution < 1.29 is 14.7 Å². The van der Waals surface area contributed by atoms with E-state index in [1.54, 1.807) is 12.1 Å². The van der Waals surface area contributed by atoms with Gasteiger partial charge in [-0.1, -0.05) is 24.6 Å². The zero-order chi connectivity index (χ0) is 17.4. The monoisotopic (exact) mass is 342 g/mol. The molecule has 0 radical (unpaired) electrons. The Morgan fingerprint density at radius 3 is 2.64 bits per heavy atom. The maximum absolute atomic E-state index is 12.9. The van der Waals surface area contributed by atoms with E-state index >= 15 is 0 Å². The summed E-state index contributed by atoms with van der Waals surface area (Å²) in [5, 5.41) is 9.40. The molecule has 5 heteroatoms. The number of piperidine rings is 1. The van der Waals surface area contributed by atoms with Gasteiger partial charge in [-0.05, 0) is 43.2 Å². The summed E-state index contributed by atoms with van der Waals surface area (Å²) in [7, 11) is 0. The van der Waals surface area contributed by atoms with Crippen molar-refractivity contribution in [3.8, 4) is 0 Å². The van der Waals surface area contributed by atoms with Crippen LogP contribution in [0.3, 0.4) is 0 Å². The van der Waals surface area contributed by atoms with Crippen molar-refractivity contribution >= 4 is 11.9 Å². The van der Waals surface area contributed by atoms with E-state index < -0.39 is 5.97 Å². The number of hydrogen-bond donors (Lipinski definition) is 1. The lowest BCUT2D eigenvalue weighted by Crippen LogP contribution is -2.50. The standard InChI is InChI=1S/C20H26N2O3/c23-19-16-8-9-17(22(19)10-14-4-3-5-14)13-21(12-16)11-15-6-1-2-7-18(15)20(24)25/h1-2,6-7,14,16-17H,3-5,8-13H2,(H,24,25)/t16-,17+/m0/s1. The highest BCUT2D eigenvalue weighted by Crippen LogP contribution is 2.34. The third-order valence-electron chi connectivity index (χ3n) is 6.19. The summed E-state index contributed by atoms with van der Waals surface area (Å²) < 4.78 is 0. The smallest absolute Gasteiger partial charge is 0.336 e. The first-order valence-corrected chi connectivity index (χ1v) is 9.46. The Morgan fingerprint density at radius 1 is 1.12 bits per heavy atom. The number of carboxylic acid groups (broad SMARTS) is 1. The van der Waals surface area contributed by atoms with E-state index in [4.69, 9.17) is 0 Å². The quantitative estimate of drug-likeness (QED) is 0.893. The van der Waals surface area contributed by atoms with Crippen LogP contribution in [0.2, 0.25) is 0 Å². The number of benzene rings is 1. The molecule has 134 valence electrons. The second-order valence-corrected chi connectivity index (χ2v) is 7.87. The van der Waals surface area contributed by atoms with Crippen LogP contribution in [-0.2, 0) is 11.3 Å². The number of carboxylic acids is 1. The molecule has 4 aliphatic rings. The average molecular weight is 342 g/mol. The average Bonchev–Trinajstić information content (AvgIpc) is 2.82. The highest BCUT2D eigenvalue weighted by atomic mass is 16.4. The molecule has 3 aliphatic heterocycles. The molecule has 2 atom stereocenters. The summed E-state index contributed by atoms with van der Waals surface area (Å²) in [4.78, 5) is 28.8. The second-order valence-electron chi connectivity index (χ2n) is 7.87. The fourth-order valence-electron chi connectivity index (χ4n) is 4.56. The van der Waals surface area contributed by atoms with Gasteiger partial charge in [0.1, 0.15) is 0 Å². The van der Waals surface area contributed by atoms with Crippen LogP contribution in [0.15, 0.2) is 24.3 Å². The largest absolute Gasteiger partial charge is 0.478 e. The molecule has 0 unspecified atom stereocenters. The predicted molar refractivity (Wildman–Crippen MR) is 94.2 cm³/mol. The van der Waals surface area contributed by atoms with E-state index in [9.17, 15) is 14.7 Å². The molecule has 1 amide bonds. The zero-order valence-corrected chi connectivity index (χ0v) is 14.6. The van der Waals surface area contributed by atoms with Crippen molar-refractivity contribution in [3.05, 3.63) is 35.4 Å². The maximum Gasteiger partial charge on any atom is 0.336 e. The molecule has 5 nitrogen and oxygen atoms in total. The van der Waals surface area contributed by atoms with E-state index in [0.29, 0.717) is 30.0 Å². The molecule has 3 saturated heterocycles. The number of nitrogens with zero attached hydrogens (tertiary/aromatic N) is 2. The van der Waals surface area contributed by atoms with Gasteiger partial charge in [0.25, 0.3) is 0 Å². The van der Waals surface area contributed by atoms with Crippen LogP contribution >= 0.6 is 0 Å². The van der Waals surface area contributed by atoms with Crippen LogP contribution in [-0.4, -0.2) is 52.5 Å². The van der Waals surface area contributed by atoms with Gasteiger partial charge in [-0.3, -0.25) is 9.69 Å². The van der Waals surface area contributed by atoms with Gasteiger partial charge in [0, 0.05) is 32.2 Å². The molecular weight excluding hydrogens is 316 g/mol. The molecule has 3 heterocycles. The summed E-state index contributed by atoms with van der Waals surface area (Å²) in [5.74, 6) is 0.230. The normalized spacial score (nSPS) is 27.2. The Hall–Kier alpha value is -1.88. The molecule has 1 N–H and O–H groups in total. The Morgan fingerprint density at radius 2 is 1.92 bits per heavy atom. The molecule has 0 spiro atoms. The van der Waals surface area contributed by atoms with Gasteiger partial charge in [-0.15, -0.1) is 0 Å². The number of rotatable bonds is 5. The molecule has 5 rings (SSSR count). The van der Waals surface area contributed by atoms with E-state index in [1.165, 1.54) is 19.3 Å². The van der Waals surface area contributed by atoms with Gasteiger partial charge < -0.3 is 10.0 Å². The number of hydrogen-bond acceptors (Lipinski definition) is 3. The summed E-state index contributed by atoms with van der Waals surface area (Å²) >= 11 is 0. The van der Waals surface area contributed by atoms with Gasteiger partial charge >= 0.3 is 5.97 Å². The van der Waals surface area contributed by atoms with Gasteiger partial charge in [0.05, 0.1) is 11.5 Å². The number of carbonyl (C=O) groups excluding carboxylic acids is 1. The lowest BCUT2D eigenvalue weighted by Gasteiger charge is -2.40. The second kappa shape index (κ2) is 6.79. The third kappa shape index (κ3) is 3.30. The predicted octanol–water partition coefficient (Wildman–Crippen LogP) is 2.61. The van der Waals surface area contributed by atoms with Crippen molar-refractivity contribution in [2.24, 2.45) is 11.8 Å². The van der Waals surface area contributed by atoms with Crippen molar-refractivity contribution in [1.82, 2.24) is 9.80 Å². The number of carbonyl (C=O) groups is 2. The molecule has 1 aromatic rings. The SMILES string of the molecule is O=C(O)c1ccccc1CN1C[C@@H]2CC[C@H](C1)N(CC1CCC1)C2=O. The van der Waals surface area contributed by atoms with Crippen molar-refractivity contribution in [2.75, 3.05) is 19.6 Å². The first-order chi connectivity index (χ1) is 12.1. The van der Waals surface area contributed by atoms with Crippen LogP contribution < -0.4 is 0 Å². The molecule has 25 heavy (non-hydrogen) atoms. The zero-order valence-electron chi connectivity index (χ0n) is 14.6. The Bertz CT molecular complexity index is 671. The van der Waals surface area contributed by atoms with Crippen LogP contribution in [0.1, 0.15) is 48.0 Å². The Balaban J connectivity index is 1.50. The molecule has 1 aromatic carbocycles. The molecule has 1 aliphatic carbocycles. The lowest BCUT2D eigenvalue weighted by atomic mass is 9.83. The van der Waals surface area contributed by atoms with Crippen LogP contribution in [0.25, 0.3) is 0 Å². The van der Waals surface area contributed by atoms with Gasteiger partial charge in [-0.2, -0.15) is 0 Å². The van der Waals surface area contributed by atoms with E-state index in [-0.39, 0.29) is 5.92 Å². The third-order valence-corrected chi connectivity index (χ3v) is 6.19. The first kappa shape index (κ1) is 16.6. The highest BCUT2D eigenvalue weighted by Gasteiger charge is 2.41. The number of aromatic carboxylic acids is 1. The first-order valence-electron chi connectivity index (χ1n) is 9.46. The van der Waals surface area contributed by atoms with Gasteiger partial charge in [0.15, 0.2) is 0 Å². The summed E-state index contributed by atoms with van der Waals surface area (Å²) in [6.45, 7) is 3.16. The molecular formula is C20H26N2O3. The minimum Gasteiger partial charge on any atom is -0.478 e. The number of amides is 1. The molecule has 2 bridgehead atoms. The van der Waals surface area contributed by atoms with E-state index in [1.807, 2.05) is 12.1 Å². The van der Waals surface area contributed by atoms with Crippen LogP contribution in [0.5, 0.6) is 0 Å². The topological polar surface area (TPSA) is 60.9 Å². The van der Waals surface area contributed by atoms with Gasteiger partial charge in [0.2, 0.25) is 5.91 Å². The Labute approximate surface area is 148 Å². The Kier molecular flexibility index (Phi) is 4.50. The van der Waals surface area contributed by atoms with Crippen molar-refractivity contribution in [1.29, 1.82) is 0 Å². The number of fused-ring (bicyclic) bond motifs is 4. The van der Waals surface area contributed by atoms with Gasteiger partial charge in [-0.25, -0.2) is 4.79 Å². The molecule has 1 saturated carbocycles. The summed E-state index contributed by atoms with van der Waals surface area (Å²) in [5.41, 5.74) is 1.21. The van der Waals surface area contributed by atoms with Crippen molar-refractivity contribution in [2.45, 2.75) is 44.7 Å². The minimum absolute atomic E-state index is 0.0795. The van der Waals surface area contributed by atoms with Crippen molar-refractivity contribution in [3.63, 3.8) is 0 Å². The van der Waals surface area contributed by atoms with Crippen LogP contribution in [0.4, 0.5) is 0 Å².